The summed E-state index contributed by atoms with van der Waals surface area (Å²) >= 11 is 0. The van der Waals surface area contributed by atoms with E-state index >= 15 is 0 Å². The number of fused-ring (bicyclic) bond motifs is 1. The minimum Gasteiger partial charge on any atom is -0.477 e. The van der Waals surface area contributed by atoms with Crippen LogP contribution in [0, 0.1) is 0 Å². The average Bonchev–Trinajstić information content (AvgIpc) is 2.51. The van der Waals surface area contributed by atoms with Gasteiger partial charge in [0.25, 0.3) is 0 Å². The van der Waals surface area contributed by atoms with Crippen LogP contribution in [-0.2, 0) is 13.5 Å². The number of carboxylic acid groups (broad SMARTS) is 1. The van der Waals surface area contributed by atoms with E-state index in [4.69, 9.17) is 5.11 Å². The Morgan fingerprint density at radius 2 is 2.38 bits per heavy atom. The van der Waals surface area contributed by atoms with Gasteiger partial charge in [-0.2, -0.15) is 5.10 Å². The average molecular weight is 182 g/mol. The van der Waals surface area contributed by atoms with Crippen molar-refractivity contribution in [3.05, 3.63) is 17.0 Å². The predicted molar refractivity (Wildman–Crippen MR) is 43.4 cm³/mol. The van der Waals surface area contributed by atoms with Gasteiger partial charge in [-0.15, -0.1) is 0 Å². The molecule has 70 valence electrons. The lowest BCUT2D eigenvalue weighted by atomic mass is 10.1. The van der Waals surface area contributed by atoms with Crippen molar-refractivity contribution in [3.8, 4) is 0 Å². The van der Waals surface area contributed by atoms with Crippen molar-refractivity contribution in [3.63, 3.8) is 0 Å². The lowest BCUT2D eigenvalue weighted by Gasteiger charge is -2.03. The summed E-state index contributed by atoms with van der Waals surface area (Å²) in [7, 11) is 1.58. The highest BCUT2D eigenvalue weighted by molar-refractivity contribution is 5.88. The summed E-state index contributed by atoms with van der Waals surface area (Å²) in [5.41, 5.74) is 1.32. The minimum atomic E-state index is -1.03. The zero-order chi connectivity index (χ0) is 9.59. The van der Waals surface area contributed by atoms with Crippen molar-refractivity contribution < 1.29 is 15.0 Å². The molecule has 0 fully saturated rings. The molecule has 2 rings (SSSR count). The summed E-state index contributed by atoms with van der Waals surface area (Å²) in [6, 6.07) is 0. The maximum absolute atomic E-state index is 10.8. The molecule has 0 aromatic carbocycles. The molecule has 0 saturated heterocycles. The number of nitrogens with zero attached hydrogens (tertiary/aromatic N) is 2. The number of hydrogen-bond acceptors (Lipinski definition) is 3. The number of aromatic carboxylic acids is 1. The van der Waals surface area contributed by atoms with Crippen LogP contribution in [0.4, 0.5) is 0 Å². The van der Waals surface area contributed by atoms with E-state index in [-0.39, 0.29) is 5.69 Å². The summed E-state index contributed by atoms with van der Waals surface area (Å²) in [6.07, 6.45) is 0.589. The fraction of sp³-hybridized carbons (Fsp3) is 0.500. The highest BCUT2D eigenvalue weighted by atomic mass is 16.4. The maximum atomic E-state index is 10.8. The molecular weight excluding hydrogens is 172 g/mol. The summed E-state index contributed by atoms with van der Waals surface area (Å²) in [5.74, 6) is -1.03. The van der Waals surface area contributed by atoms with E-state index in [1.165, 1.54) is 4.68 Å². The fourth-order valence-corrected chi connectivity index (χ4v) is 1.80. The zero-order valence-electron chi connectivity index (χ0n) is 7.19. The van der Waals surface area contributed by atoms with Crippen molar-refractivity contribution in [2.75, 3.05) is 0 Å². The van der Waals surface area contributed by atoms with Gasteiger partial charge < -0.3 is 10.2 Å². The standard InChI is InChI=1S/C8H10N2O3/c1-10-7(8(12)13)6-4(9-10)2-3-5(6)11/h5,11H,2-3H2,1H3,(H,12,13). The van der Waals surface area contributed by atoms with Crippen LogP contribution >= 0.6 is 0 Å². The summed E-state index contributed by atoms with van der Waals surface area (Å²) in [4.78, 5) is 10.8. The van der Waals surface area contributed by atoms with Crippen LogP contribution in [-0.4, -0.2) is 26.0 Å². The SMILES string of the molecule is Cn1nc2c(c1C(=O)O)C(O)CC2. The van der Waals surface area contributed by atoms with Gasteiger partial charge in [-0.25, -0.2) is 4.79 Å². The molecule has 2 N–H and O–H groups in total. The van der Waals surface area contributed by atoms with Crippen LogP contribution in [0.15, 0.2) is 0 Å². The second kappa shape index (κ2) is 2.56. The van der Waals surface area contributed by atoms with E-state index in [0.29, 0.717) is 24.1 Å². The Hall–Kier alpha value is -1.36. The van der Waals surface area contributed by atoms with Crippen LogP contribution in [0.3, 0.4) is 0 Å². The number of carboxylic acids is 1. The molecule has 1 aliphatic rings. The Labute approximate surface area is 74.6 Å². The maximum Gasteiger partial charge on any atom is 0.354 e. The Morgan fingerprint density at radius 1 is 1.69 bits per heavy atom. The largest absolute Gasteiger partial charge is 0.477 e. The molecule has 1 atom stereocenters. The molecule has 0 bridgehead atoms. The van der Waals surface area contributed by atoms with Gasteiger partial charge in [0.1, 0.15) is 0 Å². The first-order valence-electron chi connectivity index (χ1n) is 4.08. The Bertz CT molecular complexity index is 370. The number of rotatable bonds is 1. The monoisotopic (exact) mass is 182 g/mol. The molecule has 5 nitrogen and oxygen atoms in total. The number of aliphatic hydroxyl groups is 1. The second-order valence-corrected chi connectivity index (χ2v) is 3.19. The third kappa shape index (κ3) is 1.04. The molecule has 0 saturated carbocycles. The van der Waals surface area contributed by atoms with Crippen molar-refractivity contribution in [2.45, 2.75) is 18.9 Å². The number of aryl methyl sites for hydroxylation is 2. The smallest absolute Gasteiger partial charge is 0.354 e. The lowest BCUT2D eigenvalue weighted by molar-refractivity contribution is 0.0677. The number of aromatic nitrogens is 2. The van der Waals surface area contributed by atoms with Gasteiger partial charge in [0.2, 0.25) is 0 Å². The molecule has 1 heterocycles. The molecule has 0 spiro atoms. The van der Waals surface area contributed by atoms with Gasteiger partial charge in [-0.3, -0.25) is 4.68 Å². The van der Waals surface area contributed by atoms with Gasteiger partial charge in [0, 0.05) is 12.6 Å². The number of carbonyl (C=O) groups is 1. The zero-order valence-corrected chi connectivity index (χ0v) is 7.19. The summed E-state index contributed by atoms with van der Waals surface area (Å²) < 4.78 is 1.31. The van der Waals surface area contributed by atoms with Gasteiger partial charge >= 0.3 is 5.97 Å². The van der Waals surface area contributed by atoms with Crippen LogP contribution in [0.5, 0.6) is 0 Å². The van der Waals surface area contributed by atoms with Crippen molar-refractivity contribution in [1.29, 1.82) is 0 Å². The van der Waals surface area contributed by atoms with Crippen LogP contribution in [0.25, 0.3) is 0 Å². The van der Waals surface area contributed by atoms with Crippen LogP contribution in [0.2, 0.25) is 0 Å². The molecule has 13 heavy (non-hydrogen) atoms. The molecule has 0 amide bonds. The van der Waals surface area contributed by atoms with Crippen molar-refractivity contribution in [2.24, 2.45) is 7.05 Å². The van der Waals surface area contributed by atoms with E-state index < -0.39 is 12.1 Å². The van der Waals surface area contributed by atoms with Gasteiger partial charge in [0.15, 0.2) is 5.69 Å². The Morgan fingerprint density at radius 3 is 3.00 bits per heavy atom. The van der Waals surface area contributed by atoms with Gasteiger partial charge in [-0.1, -0.05) is 0 Å². The van der Waals surface area contributed by atoms with E-state index in [0.717, 1.165) is 0 Å². The van der Waals surface area contributed by atoms with E-state index in [1.54, 1.807) is 7.05 Å². The van der Waals surface area contributed by atoms with Crippen LogP contribution < -0.4 is 0 Å². The first-order valence-corrected chi connectivity index (χ1v) is 4.08. The van der Waals surface area contributed by atoms with Gasteiger partial charge in [0.05, 0.1) is 11.8 Å². The Kier molecular flexibility index (Phi) is 1.63. The molecule has 5 heteroatoms. The molecular formula is C8H10N2O3. The molecule has 0 radical (unpaired) electrons. The second-order valence-electron chi connectivity index (χ2n) is 3.19. The van der Waals surface area contributed by atoms with E-state index in [1.807, 2.05) is 0 Å². The third-order valence-corrected chi connectivity index (χ3v) is 2.35. The molecule has 1 aromatic rings. The molecule has 1 aliphatic carbocycles. The highest BCUT2D eigenvalue weighted by Crippen LogP contribution is 2.32. The molecule has 0 aliphatic heterocycles. The van der Waals surface area contributed by atoms with Crippen molar-refractivity contribution in [1.82, 2.24) is 9.78 Å². The normalized spacial score (nSPS) is 20.3. The first-order chi connectivity index (χ1) is 6.11. The van der Waals surface area contributed by atoms with E-state index in [9.17, 15) is 9.90 Å². The quantitative estimate of drug-likeness (QED) is 0.645. The topological polar surface area (TPSA) is 75.4 Å². The third-order valence-electron chi connectivity index (χ3n) is 2.35. The molecule has 1 unspecified atom stereocenters. The lowest BCUT2D eigenvalue weighted by Crippen LogP contribution is -2.09. The van der Waals surface area contributed by atoms with E-state index in [2.05, 4.69) is 5.10 Å². The van der Waals surface area contributed by atoms with Crippen LogP contribution in [0.1, 0.15) is 34.3 Å². The van der Waals surface area contributed by atoms with Gasteiger partial charge in [-0.05, 0) is 12.8 Å². The summed E-state index contributed by atoms with van der Waals surface area (Å²) in [5, 5.41) is 22.4. The fourth-order valence-electron chi connectivity index (χ4n) is 1.80. The molecule has 1 aromatic heterocycles. The predicted octanol–water partition coefficient (Wildman–Crippen LogP) is 0.0979. The Balaban J connectivity index is 2.61. The number of hydrogen-bond donors (Lipinski definition) is 2. The minimum absolute atomic E-state index is 0.111. The first kappa shape index (κ1) is 8.25. The van der Waals surface area contributed by atoms with Crippen molar-refractivity contribution >= 4 is 5.97 Å². The summed E-state index contributed by atoms with van der Waals surface area (Å²) in [6.45, 7) is 0. The highest BCUT2D eigenvalue weighted by Gasteiger charge is 2.31. The number of aliphatic hydroxyl groups excluding tert-OH is 1.